The SMILES string of the molecule is NC(=O)C1CC(O)CN1C(=O)C(N)c1cccs1. The molecule has 0 saturated carbocycles. The van der Waals surface area contributed by atoms with Crippen LogP contribution in [0.5, 0.6) is 0 Å². The molecule has 18 heavy (non-hydrogen) atoms. The van der Waals surface area contributed by atoms with Gasteiger partial charge in [0.15, 0.2) is 0 Å². The van der Waals surface area contributed by atoms with E-state index in [9.17, 15) is 14.7 Å². The Morgan fingerprint density at radius 1 is 1.56 bits per heavy atom. The molecule has 3 unspecified atom stereocenters. The molecule has 2 amide bonds. The first-order chi connectivity index (χ1) is 8.50. The first-order valence-corrected chi connectivity index (χ1v) is 6.45. The molecule has 1 aromatic heterocycles. The van der Waals surface area contributed by atoms with Gasteiger partial charge < -0.3 is 21.5 Å². The van der Waals surface area contributed by atoms with Crippen molar-refractivity contribution in [2.24, 2.45) is 11.5 Å². The van der Waals surface area contributed by atoms with Gasteiger partial charge in [0.25, 0.3) is 0 Å². The number of carbonyl (C=O) groups excluding carboxylic acids is 2. The van der Waals surface area contributed by atoms with E-state index in [0.29, 0.717) is 0 Å². The maximum absolute atomic E-state index is 12.2. The van der Waals surface area contributed by atoms with Crippen LogP contribution in [-0.2, 0) is 9.59 Å². The van der Waals surface area contributed by atoms with Gasteiger partial charge in [-0.25, -0.2) is 0 Å². The number of carbonyl (C=O) groups is 2. The van der Waals surface area contributed by atoms with Crippen LogP contribution in [0.2, 0.25) is 0 Å². The fraction of sp³-hybridized carbons (Fsp3) is 0.455. The van der Waals surface area contributed by atoms with E-state index < -0.39 is 24.1 Å². The topological polar surface area (TPSA) is 110 Å². The molecular weight excluding hydrogens is 254 g/mol. The van der Waals surface area contributed by atoms with Gasteiger partial charge >= 0.3 is 0 Å². The molecule has 7 heteroatoms. The molecule has 1 aliphatic rings. The van der Waals surface area contributed by atoms with Crippen molar-refractivity contribution < 1.29 is 14.7 Å². The highest BCUT2D eigenvalue weighted by Crippen LogP contribution is 2.24. The number of nitrogens with zero attached hydrogens (tertiary/aromatic N) is 1. The minimum absolute atomic E-state index is 0.103. The summed E-state index contributed by atoms with van der Waals surface area (Å²) in [5.41, 5.74) is 11.1. The van der Waals surface area contributed by atoms with Crippen LogP contribution in [0.15, 0.2) is 17.5 Å². The lowest BCUT2D eigenvalue weighted by atomic mass is 10.1. The van der Waals surface area contributed by atoms with Crippen LogP contribution in [0, 0.1) is 0 Å². The number of nitrogens with two attached hydrogens (primary N) is 2. The van der Waals surface area contributed by atoms with Gasteiger partial charge in [0, 0.05) is 17.8 Å². The first kappa shape index (κ1) is 13.0. The largest absolute Gasteiger partial charge is 0.391 e. The molecule has 1 aromatic rings. The molecule has 0 radical (unpaired) electrons. The summed E-state index contributed by atoms with van der Waals surface area (Å²) >= 11 is 1.38. The summed E-state index contributed by atoms with van der Waals surface area (Å²) in [4.78, 5) is 25.4. The number of thiophene rings is 1. The Kier molecular flexibility index (Phi) is 3.65. The third-order valence-electron chi connectivity index (χ3n) is 3.01. The molecule has 0 spiro atoms. The summed E-state index contributed by atoms with van der Waals surface area (Å²) in [6.07, 6.45) is -0.542. The average molecular weight is 269 g/mol. The maximum Gasteiger partial charge on any atom is 0.245 e. The van der Waals surface area contributed by atoms with E-state index in [1.54, 1.807) is 12.1 Å². The predicted molar refractivity (Wildman–Crippen MR) is 66.6 cm³/mol. The van der Waals surface area contributed by atoms with Crippen molar-refractivity contribution in [3.05, 3.63) is 22.4 Å². The number of aliphatic hydroxyl groups is 1. The van der Waals surface area contributed by atoms with E-state index in [0.717, 1.165) is 4.88 Å². The Labute approximate surface area is 108 Å². The summed E-state index contributed by atoms with van der Waals surface area (Å²) in [5.74, 6) is -0.990. The normalized spacial score (nSPS) is 25.1. The highest BCUT2D eigenvalue weighted by Gasteiger charge is 2.39. The number of β-amino-alcohol motifs (C(OH)–C–C–N with tert-alkyl or cyclic N) is 1. The standard InChI is InChI=1S/C11H15N3O3S/c12-9(8-2-1-3-18-8)11(17)14-5-6(15)4-7(14)10(13)16/h1-3,6-7,9,15H,4-5,12H2,(H2,13,16). The molecular formula is C11H15N3O3S. The number of aliphatic hydroxyl groups excluding tert-OH is 1. The van der Waals surface area contributed by atoms with E-state index in [1.165, 1.54) is 16.2 Å². The lowest BCUT2D eigenvalue weighted by Crippen LogP contribution is -2.47. The molecule has 0 bridgehead atoms. The van der Waals surface area contributed by atoms with E-state index in [-0.39, 0.29) is 18.9 Å². The molecule has 98 valence electrons. The third-order valence-corrected chi connectivity index (χ3v) is 3.96. The zero-order chi connectivity index (χ0) is 13.3. The summed E-state index contributed by atoms with van der Waals surface area (Å²) in [6.45, 7) is 0.103. The van der Waals surface area contributed by atoms with Crippen LogP contribution in [0.3, 0.4) is 0 Å². The van der Waals surface area contributed by atoms with Crippen molar-refractivity contribution in [2.75, 3.05) is 6.54 Å². The monoisotopic (exact) mass is 269 g/mol. The molecule has 2 rings (SSSR count). The number of rotatable bonds is 3. The number of hydrogen-bond donors (Lipinski definition) is 3. The van der Waals surface area contributed by atoms with Gasteiger partial charge in [-0.3, -0.25) is 9.59 Å². The lowest BCUT2D eigenvalue weighted by Gasteiger charge is -2.24. The van der Waals surface area contributed by atoms with Gasteiger partial charge in [-0.1, -0.05) is 6.07 Å². The van der Waals surface area contributed by atoms with Crippen molar-refractivity contribution in [3.63, 3.8) is 0 Å². The van der Waals surface area contributed by atoms with Crippen molar-refractivity contribution >= 4 is 23.2 Å². The Morgan fingerprint density at radius 2 is 2.28 bits per heavy atom. The van der Waals surface area contributed by atoms with Crippen molar-refractivity contribution in [1.29, 1.82) is 0 Å². The van der Waals surface area contributed by atoms with Gasteiger partial charge in [-0.2, -0.15) is 0 Å². The van der Waals surface area contributed by atoms with Crippen LogP contribution in [0.1, 0.15) is 17.3 Å². The molecule has 1 saturated heterocycles. The molecule has 3 atom stereocenters. The highest BCUT2D eigenvalue weighted by atomic mass is 32.1. The molecule has 0 aliphatic carbocycles. The van der Waals surface area contributed by atoms with E-state index in [2.05, 4.69) is 0 Å². The molecule has 1 aliphatic heterocycles. The Bertz CT molecular complexity index is 448. The summed E-state index contributed by atoms with van der Waals surface area (Å²) < 4.78 is 0. The summed E-state index contributed by atoms with van der Waals surface area (Å²) in [7, 11) is 0. The van der Waals surface area contributed by atoms with Crippen molar-refractivity contribution in [1.82, 2.24) is 4.90 Å². The molecule has 5 N–H and O–H groups in total. The van der Waals surface area contributed by atoms with Gasteiger partial charge in [-0.05, 0) is 11.4 Å². The van der Waals surface area contributed by atoms with Crippen LogP contribution in [-0.4, -0.2) is 40.5 Å². The molecule has 1 fully saturated rings. The minimum atomic E-state index is -0.808. The zero-order valence-electron chi connectivity index (χ0n) is 9.65. The van der Waals surface area contributed by atoms with Crippen LogP contribution < -0.4 is 11.5 Å². The lowest BCUT2D eigenvalue weighted by molar-refractivity contribution is -0.138. The Balaban J connectivity index is 2.15. The average Bonchev–Trinajstić information content (AvgIpc) is 2.95. The van der Waals surface area contributed by atoms with E-state index in [4.69, 9.17) is 11.5 Å². The second kappa shape index (κ2) is 5.05. The second-order valence-corrected chi connectivity index (χ2v) is 5.27. The quantitative estimate of drug-likeness (QED) is 0.667. The summed E-state index contributed by atoms with van der Waals surface area (Å²) in [5, 5.41) is 11.4. The summed E-state index contributed by atoms with van der Waals surface area (Å²) in [6, 6.07) is 1.99. The van der Waals surface area contributed by atoms with Gasteiger partial charge in [0.05, 0.1) is 6.10 Å². The third kappa shape index (κ3) is 2.38. The maximum atomic E-state index is 12.2. The fourth-order valence-electron chi connectivity index (χ4n) is 2.10. The highest BCUT2D eigenvalue weighted by molar-refractivity contribution is 7.10. The van der Waals surface area contributed by atoms with Crippen LogP contribution >= 0.6 is 11.3 Å². The molecule has 2 heterocycles. The molecule has 6 nitrogen and oxygen atoms in total. The van der Waals surface area contributed by atoms with Gasteiger partial charge in [0.2, 0.25) is 11.8 Å². The van der Waals surface area contributed by atoms with E-state index in [1.807, 2.05) is 5.38 Å². The zero-order valence-corrected chi connectivity index (χ0v) is 10.5. The van der Waals surface area contributed by atoms with Crippen LogP contribution in [0.4, 0.5) is 0 Å². The number of hydrogen-bond acceptors (Lipinski definition) is 5. The molecule has 0 aromatic carbocycles. The Hall–Kier alpha value is -1.44. The van der Waals surface area contributed by atoms with Gasteiger partial charge in [0.1, 0.15) is 12.1 Å². The van der Waals surface area contributed by atoms with Crippen molar-refractivity contribution in [2.45, 2.75) is 24.6 Å². The smallest absolute Gasteiger partial charge is 0.245 e. The predicted octanol–water partition coefficient (Wildman–Crippen LogP) is -0.805. The van der Waals surface area contributed by atoms with E-state index >= 15 is 0 Å². The minimum Gasteiger partial charge on any atom is -0.391 e. The Morgan fingerprint density at radius 3 is 2.83 bits per heavy atom. The van der Waals surface area contributed by atoms with Crippen LogP contribution in [0.25, 0.3) is 0 Å². The number of amides is 2. The number of primary amides is 1. The van der Waals surface area contributed by atoms with Crippen molar-refractivity contribution in [3.8, 4) is 0 Å². The fourth-order valence-corrected chi connectivity index (χ4v) is 2.81. The second-order valence-electron chi connectivity index (χ2n) is 4.29. The first-order valence-electron chi connectivity index (χ1n) is 5.57. The number of likely N-dealkylation sites (tertiary alicyclic amines) is 1. The van der Waals surface area contributed by atoms with Gasteiger partial charge in [-0.15, -0.1) is 11.3 Å².